The van der Waals surface area contributed by atoms with Crippen molar-refractivity contribution in [3.8, 4) is 5.75 Å². The molecular formula is C16H27N3OS. The summed E-state index contributed by atoms with van der Waals surface area (Å²) in [5.41, 5.74) is 7.76. The first kappa shape index (κ1) is 17.9. The molecule has 0 radical (unpaired) electrons. The largest absolute Gasteiger partial charge is 0.496 e. The third-order valence-corrected chi connectivity index (χ3v) is 3.60. The minimum absolute atomic E-state index is 0.425. The predicted molar refractivity (Wildman–Crippen MR) is 93.0 cm³/mol. The van der Waals surface area contributed by atoms with Crippen LogP contribution in [0, 0.1) is 0 Å². The fraction of sp³-hybridized carbons (Fsp3) is 0.562. The van der Waals surface area contributed by atoms with Gasteiger partial charge in [0.2, 0.25) is 0 Å². The summed E-state index contributed by atoms with van der Waals surface area (Å²) < 4.78 is 5.46. The maximum atomic E-state index is 5.73. The van der Waals surface area contributed by atoms with Crippen LogP contribution in [-0.4, -0.2) is 55.6 Å². The molecule has 5 heteroatoms. The number of nitrogens with zero attached hydrogens (tertiary/aromatic N) is 2. The number of ether oxygens (including phenoxy) is 1. The number of hydrogen-bond donors (Lipinski definition) is 1. The summed E-state index contributed by atoms with van der Waals surface area (Å²) in [7, 11) is 5.89. The normalized spacial score (nSPS) is 11.1. The predicted octanol–water partition coefficient (Wildman–Crippen LogP) is 2.10. The lowest BCUT2D eigenvalue weighted by Gasteiger charge is -2.24. The van der Waals surface area contributed by atoms with Gasteiger partial charge in [-0.2, -0.15) is 0 Å². The fourth-order valence-electron chi connectivity index (χ4n) is 2.22. The second-order valence-electron chi connectivity index (χ2n) is 5.47. The van der Waals surface area contributed by atoms with Crippen LogP contribution in [0.3, 0.4) is 0 Å². The molecule has 0 heterocycles. The van der Waals surface area contributed by atoms with Crippen LogP contribution in [0.15, 0.2) is 18.2 Å². The summed E-state index contributed by atoms with van der Waals surface area (Å²) in [5, 5.41) is 0. The van der Waals surface area contributed by atoms with E-state index in [1.54, 1.807) is 7.11 Å². The van der Waals surface area contributed by atoms with Crippen molar-refractivity contribution < 1.29 is 4.74 Å². The van der Waals surface area contributed by atoms with Crippen LogP contribution in [0.5, 0.6) is 5.75 Å². The molecule has 1 rings (SSSR count). The quantitative estimate of drug-likeness (QED) is 0.708. The van der Waals surface area contributed by atoms with Crippen molar-refractivity contribution in [1.82, 2.24) is 9.80 Å². The lowest BCUT2D eigenvalue weighted by Crippen LogP contribution is -2.32. The number of nitrogens with two attached hydrogens (primary N) is 1. The Balaban J connectivity index is 2.89. The Hall–Kier alpha value is -1.17. The van der Waals surface area contributed by atoms with Crippen LogP contribution in [0.4, 0.5) is 0 Å². The van der Waals surface area contributed by atoms with Crippen molar-refractivity contribution in [2.75, 3.05) is 40.8 Å². The van der Waals surface area contributed by atoms with Gasteiger partial charge < -0.3 is 15.4 Å². The van der Waals surface area contributed by atoms with Gasteiger partial charge in [0.05, 0.1) is 7.11 Å². The smallest absolute Gasteiger partial charge is 0.123 e. The van der Waals surface area contributed by atoms with Gasteiger partial charge in [0.25, 0.3) is 0 Å². The number of rotatable bonds is 9. The molecule has 0 aromatic heterocycles. The third-order valence-electron chi connectivity index (χ3n) is 3.36. The standard InChI is InChI=1S/C16H27N3OS/c1-5-8-19(10-9-18(2)3)12-14-11-13(16(17)21)6-7-15(14)20-4/h6-7,11H,5,8-10,12H2,1-4H3,(H2,17,21). The lowest BCUT2D eigenvalue weighted by atomic mass is 10.1. The molecule has 0 bridgehead atoms. The Morgan fingerprint density at radius 3 is 2.48 bits per heavy atom. The summed E-state index contributed by atoms with van der Waals surface area (Å²) in [4.78, 5) is 5.06. The van der Waals surface area contributed by atoms with E-state index in [1.807, 2.05) is 18.2 Å². The molecule has 0 saturated heterocycles. The molecular weight excluding hydrogens is 282 g/mol. The molecule has 1 aromatic rings. The summed E-state index contributed by atoms with van der Waals surface area (Å²) >= 11 is 5.07. The molecule has 0 spiro atoms. The summed E-state index contributed by atoms with van der Waals surface area (Å²) in [6.45, 7) is 6.18. The van der Waals surface area contributed by atoms with Gasteiger partial charge in [-0.1, -0.05) is 19.1 Å². The third kappa shape index (κ3) is 5.99. The number of thiocarbonyl (C=S) groups is 1. The topological polar surface area (TPSA) is 41.7 Å². The molecule has 0 aliphatic heterocycles. The zero-order valence-electron chi connectivity index (χ0n) is 13.6. The highest BCUT2D eigenvalue weighted by molar-refractivity contribution is 7.80. The summed E-state index contributed by atoms with van der Waals surface area (Å²) in [5.74, 6) is 0.890. The number of hydrogen-bond acceptors (Lipinski definition) is 4. The fourth-order valence-corrected chi connectivity index (χ4v) is 2.35. The molecule has 118 valence electrons. The molecule has 21 heavy (non-hydrogen) atoms. The molecule has 0 amide bonds. The summed E-state index contributed by atoms with van der Waals surface area (Å²) in [6.07, 6.45) is 1.13. The Kier molecular flexibility index (Phi) is 7.64. The van der Waals surface area contributed by atoms with Crippen LogP contribution >= 0.6 is 12.2 Å². The van der Waals surface area contributed by atoms with Crippen molar-refractivity contribution in [3.63, 3.8) is 0 Å². The average molecular weight is 309 g/mol. The monoisotopic (exact) mass is 309 g/mol. The highest BCUT2D eigenvalue weighted by Crippen LogP contribution is 2.22. The van der Waals surface area contributed by atoms with Gasteiger partial charge in [-0.15, -0.1) is 0 Å². The molecule has 0 aliphatic carbocycles. The number of methoxy groups -OCH3 is 1. The van der Waals surface area contributed by atoms with Crippen LogP contribution in [0.25, 0.3) is 0 Å². The first-order valence-electron chi connectivity index (χ1n) is 7.31. The molecule has 0 unspecified atom stereocenters. The van der Waals surface area contributed by atoms with E-state index in [0.29, 0.717) is 4.99 Å². The lowest BCUT2D eigenvalue weighted by molar-refractivity contribution is 0.231. The molecule has 0 saturated carbocycles. The van der Waals surface area contributed by atoms with E-state index >= 15 is 0 Å². The zero-order chi connectivity index (χ0) is 15.8. The van der Waals surface area contributed by atoms with Crippen molar-refractivity contribution in [2.45, 2.75) is 19.9 Å². The van der Waals surface area contributed by atoms with E-state index in [4.69, 9.17) is 22.7 Å². The minimum Gasteiger partial charge on any atom is -0.496 e. The van der Waals surface area contributed by atoms with E-state index < -0.39 is 0 Å². The minimum atomic E-state index is 0.425. The van der Waals surface area contributed by atoms with Gasteiger partial charge in [-0.3, -0.25) is 4.90 Å². The van der Waals surface area contributed by atoms with Crippen LogP contribution < -0.4 is 10.5 Å². The van der Waals surface area contributed by atoms with Crippen LogP contribution in [0.1, 0.15) is 24.5 Å². The van der Waals surface area contributed by atoms with E-state index in [2.05, 4.69) is 30.8 Å². The maximum Gasteiger partial charge on any atom is 0.123 e. The molecule has 4 nitrogen and oxygen atoms in total. The van der Waals surface area contributed by atoms with Crippen molar-refractivity contribution in [3.05, 3.63) is 29.3 Å². The van der Waals surface area contributed by atoms with Gasteiger partial charge in [-0.05, 0) is 45.3 Å². The van der Waals surface area contributed by atoms with E-state index in [9.17, 15) is 0 Å². The zero-order valence-corrected chi connectivity index (χ0v) is 14.4. The Morgan fingerprint density at radius 2 is 1.95 bits per heavy atom. The Bertz CT molecular complexity index is 463. The van der Waals surface area contributed by atoms with Gasteiger partial charge >= 0.3 is 0 Å². The number of likely N-dealkylation sites (N-methyl/N-ethyl adjacent to an activating group) is 1. The van der Waals surface area contributed by atoms with Crippen molar-refractivity contribution in [1.29, 1.82) is 0 Å². The van der Waals surface area contributed by atoms with E-state index in [1.165, 1.54) is 0 Å². The van der Waals surface area contributed by atoms with Gasteiger partial charge in [-0.25, -0.2) is 0 Å². The summed E-state index contributed by atoms with van der Waals surface area (Å²) in [6, 6.07) is 5.90. The van der Waals surface area contributed by atoms with Crippen molar-refractivity contribution in [2.24, 2.45) is 5.73 Å². The highest BCUT2D eigenvalue weighted by Gasteiger charge is 2.11. The first-order chi connectivity index (χ1) is 9.97. The van der Waals surface area contributed by atoms with Gasteiger partial charge in [0.1, 0.15) is 10.7 Å². The first-order valence-corrected chi connectivity index (χ1v) is 7.72. The molecule has 0 fully saturated rings. The van der Waals surface area contributed by atoms with Crippen LogP contribution in [-0.2, 0) is 6.54 Å². The van der Waals surface area contributed by atoms with Crippen molar-refractivity contribution >= 4 is 17.2 Å². The number of benzene rings is 1. The SMILES string of the molecule is CCCN(CCN(C)C)Cc1cc(C(N)=S)ccc1OC. The van der Waals surface area contributed by atoms with E-state index in [-0.39, 0.29) is 0 Å². The maximum absolute atomic E-state index is 5.73. The van der Waals surface area contributed by atoms with Crippen LogP contribution in [0.2, 0.25) is 0 Å². The Morgan fingerprint density at radius 1 is 1.24 bits per heavy atom. The van der Waals surface area contributed by atoms with E-state index in [0.717, 1.165) is 49.5 Å². The molecule has 0 atom stereocenters. The molecule has 0 aliphatic rings. The van der Waals surface area contributed by atoms with Gasteiger partial charge in [0.15, 0.2) is 0 Å². The highest BCUT2D eigenvalue weighted by atomic mass is 32.1. The Labute approximate surface area is 133 Å². The second-order valence-corrected chi connectivity index (χ2v) is 5.91. The second kappa shape index (κ2) is 8.97. The average Bonchev–Trinajstić information content (AvgIpc) is 2.44. The molecule has 2 N–H and O–H groups in total. The van der Waals surface area contributed by atoms with Gasteiger partial charge in [0, 0.05) is 30.8 Å². The molecule has 1 aromatic carbocycles.